The summed E-state index contributed by atoms with van der Waals surface area (Å²) >= 11 is 0. The lowest BCUT2D eigenvalue weighted by Gasteiger charge is -2.22. The molecule has 1 aromatic carbocycles. The Kier molecular flexibility index (Phi) is 4.71. The predicted molar refractivity (Wildman–Crippen MR) is 77.4 cm³/mol. The van der Waals surface area contributed by atoms with E-state index in [2.05, 4.69) is 0 Å². The summed E-state index contributed by atoms with van der Waals surface area (Å²) in [7, 11) is -3.59. The molecule has 1 heterocycles. The monoisotopic (exact) mass is 345 g/mol. The summed E-state index contributed by atoms with van der Waals surface area (Å²) < 4.78 is 36.7. The molecule has 1 saturated heterocycles. The van der Waals surface area contributed by atoms with E-state index in [4.69, 9.17) is 5.11 Å². The van der Waals surface area contributed by atoms with Crippen molar-refractivity contribution in [3.8, 4) is 0 Å². The molecular formula is C14H16FNO6S. The minimum atomic E-state index is -3.59. The van der Waals surface area contributed by atoms with Crippen LogP contribution in [0.5, 0.6) is 0 Å². The Balaban J connectivity index is 2.47. The van der Waals surface area contributed by atoms with Crippen molar-refractivity contribution in [2.24, 2.45) is 0 Å². The molecule has 1 aromatic rings. The third-order valence-electron chi connectivity index (χ3n) is 3.71. The average Bonchev–Trinajstić information content (AvgIpc) is 2.87. The number of hydrogen-bond acceptors (Lipinski definition) is 5. The Bertz CT molecular complexity index is 748. The number of benzene rings is 1. The molecule has 1 unspecified atom stereocenters. The van der Waals surface area contributed by atoms with Gasteiger partial charge in [0.1, 0.15) is 12.2 Å². The average molecular weight is 345 g/mol. The molecule has 0 radical (unpaired) electrons. The molecule has 9 heteroatoms. The topological polar surface area (TPSA) is 112 Å². The van der Waals surface area contributed by atoms with Crippen molar-refractivity contribution in [3.05, 3.63) is 29.3 Å². The zero-order valence-electron chi connectivity index (χ0n) is 12.3. The van der Waals surface area contributed by atoms with E-state index in [1.807, 2.05) is 0 Å². The zero-order valence-corrected chi connectivity index (χ0v) is 13.1. The Morgan fingerprint density at radius 1 is 1.39 bits per heavy atom. The Morgan fingerprint density at radius 2 is 2.04 bits per heavy atom. The van der Waals surface area contributed by atoms with Gasteiger partial charge >= 0.3 is 5.97 Å². The van der Waals surface area contributed by atoms with E-state index in [0.29, 0.717) is 0 Å². The van der Waals surface area contributed by atoms with Gasteiger partial charge in [0.05, 0.1) is 18.0 Å². The molecule has 7 nitrogen and oxygen atoms in total. The van der Waals surface area contributed by atoms with Gasteiger partial charge in [-0.1, -0.05) is 6.07 Å². The second-order valence-corrected chi connectivity index (χ2v) is 7.41. The summed E-state index contributed by atoms with van der Waals surface area (Å²) in [6.07, 6.45) is -0.819. The third-order valence-corrected chi connectivity index (χ3v) is 4.82. The maximum atomic E-state index is 13.5. The van der Waals surface area contributed by atoms with Crippen molar-refractivity contribution in [2.75, 3.05) is 12.8 Å². The van der Waals surface area contributed by atoms with E-state index >= 15 is 0 Å². The van der Waals surface area contributed by atoms with Crippen LogP contribution in [0.25, 0.3) is 0 Å². The number of aliphatic hydroxyl groups is 1. The maximum absolute atomic E-state index is 13.5. The van der Waals surface area contributed by atoms with Crippen molar-refractivity contribution >= 4 is 21.7 Å². The van der Waals surface area contributed by atoms with E-state index < -0.39 is 40.5 Å². The highest BCUT2D eigenvalue weighted by molar-refractivity contribution is 7.90. The predicted octanol–water partition coefficient (Wildman–Crippen LogP) is 0.220. The number of likely N-dealkylation sites (tertiary alicyclic amines) is 1. The van der Waals surface area contributed by atoms with Gasteiger partial charge in [-0.3, -0.25) is 4.79 Å². The smallest absolute Gasteiger partial charge is 0.326 e. The Hall–Kier alpha value is -2.00. The van der Waals surface area contributed by atoms with Crippen LogP contribution in [-0.2, 0) is 21.2 Å². The lowest BCUT2D eigenvalue weighted by Crippen LogP contribution is -2.41. The van der Waals surface area contributed by atoms with Gasteiger partial charge in [0.15, 0.2) is 9.84 Å². The number of carboxylic acid groups (broad SMARTS) is 1. The lowest BCUT2D eigenvalue weighted by molar-refractivity contribution is -0.141. The van der Waals surface area contributed by atoms with Crippen LogP contribution in [0.2, 0.25) is 0 Å². The summed E-state index contributed by atoms with van der Waals surface area (Å²) in [5.74, 6) is -2.14. The molecule has 0 spiro atoms. The third kappa shape index (κ3) is 3.50. The fourth-order valence-electron chi connectivity index (χ4n) is 2.52. The van der Waals surface area contributed by atoms with E-state index in [0.717, 1.165) is 17.2 Å². The van der Waals surface area contributed by atoms with Crippen LogP contribution < -0.4 is 0 Å². The summed E-state index contributed by atoms with van der Waals surface area (Å²) in [4.78, 5) is 24.4. The largest absolute Gasteiger partial charge is 0.480 e. The molecule has 1 aliphatic heterocycles. The molecule has 0 aromatic heterocycles. The van der Waals surface area contributed by atoms with Crippen molar-refractivity contribution in [3.63, 3.8) is 0 Å². The fourth-order valence-corrected chi connectivity index (χ4v) is 3.17. The minimum Gasteiger partial charge on any atom is -0.480 e. The van der Waals surface area contributed by atoms with E-state index in [1.165, 1.54) is 12.1 Å². The van der Waals surface area contributed by atoms with Gasteiger partial charge < -0.3 is 15.1 Å². The second kappa shape index (κ2) is 6.25. The molecule has 23 heavy (non-hydrogen) atoms. The molecule has 2 atom stereocenters. The van der Waals surface area contributed by atoms with Crippen LogP contribution >= 0.6 is 0 Å². The number of rotatable bonds is 4. The number of hydrogen-bond donors (Lipinski definition) is 2. The number of nitrogens with zero attached hydrogens (tertiary/aromatic N) is 1. The SMILES string of the molecule is CS(=O)(=O)c1ccc(CO)c(C(=O)N2C[C@@H](F)CC2C(=O)O)c1. The summed E-state index contributed by atoms with van der Waals surface area (Å²) in [6, 6.07) is 2.29. The first-order valence-corrected chi connectivity index (χ1v) is 8.66. The number of halogens is 1. The molecular weight excluding hydrogens is 329 g/mol. The Labute approximate surface area is 132 Å². The van der Waals surface area contributed by atoms with E-state index in [9.17, 15) is 27.5 Å². The van der Waals surface area contributed by atoms with Crippen molar-refractivity contribution in [2.45, 2.75) is 30.1 Å². The highest BCUT2D eigenvalue weighted by atomic mass is 32.2. The number of aliphatic hydroxyl groups excluding tert-OH is 1. The molecule has 0 bridgehead atoms. The molecule has 1 fully saturated rings. The molecule has 1 amide bonds. The van der Waals surface area contributed by atoms with Gasteiger partial charge in [-0.2, -0.15) is 0 Å². The maximum Gasteiger partial charge on any atom is 0.326 e. The number of aliphatic carboxylic acids is 1. The highest BCUT2D eigenvalue weighted by Crippen LogP contribution is 2.25. The number of alkyl halides is 1. The molecule has 126 valence electrons. The van der Waals surface area contributed by atoms with Gasteiger partial charge in [0, 0.05) is 18.2 Å². The number of amides is 1. The van der Waals surface area contributed by atoms with Gasteiger partial charge in [0.25, 0.3) is 5.91 Å². The van der Waals surface area contributed by atoms with Crippen LogP contribution in [0.1, 0.15) is 22.3 Å². The van der Waals surface area contributed by atoms with Crippen LogP contribution in [-0.4, -0.2) is 60.4 Å². The molecule has 2 rings (SSSR count). The standard InChI is InChI=1S/C14H16FNO6S/c1-23(21,22)10-3-2-8(7-17)11(5-10)13(18)16-6-9(15)4-12(16)14(19)20/h2-3,5,9,12,17H,4,6-7H2,1H3,(H,19,20)/t9-,12?/m0/s1. The van der Waals surface area contributed by atoms with E-state index in [-0.39, 0.29) is 29.0 Å². The first-order chi connectivity index (χ1) is 10.6. The number of carbonyl (C=O) groups excluding carboxylic acids is 1. The van der Waals surface area contributed by atoms with Crippen molar-refractivity contribution < 1.29 is 32.6 Å². The van der Waals surface area contributed by atoms with Crippen LogP contribution in [0.3, 0.4) is 0 Å². The molecule has 1 aliphatic rings. The second-order valence-electron chi connectivity index (χ2n) is 5.39. The molecule has 0 aliphatic carbocycles. The molecule has 0 saturated carbocycles. The first kappa shape index (κ1) is 17.4. The number of carboxylic acids is 1. The van der Waals surface area contributed by atoms with Crippen molar-refractivity contribution in [1.82, 2.24) is 4.90 Å². The van der Waals surface area contributed by atoms with Crippen LogP contribution in [0.4, 0.5) is 4.39 Å². The van der Waals surface area contributed by atoms with E-state index in [1.54, 1.807) is 0 Å². The quantitative estimate of drug-likeness (QED) is 0.807. The van der Waals surface area contributed by atoms with Gasteiger partial charge in [-0.05, 0) is 17.7 Å². The fraction of sp³-hybridized carbons (Fsp3) is 0.429. The van der Waals surface area contributed by atoms with Crippen LogP contribution in [0.15, 0.2) is 23.1 Å². The van der Waals surface area contributed by atoms with Crippen molar-refractivity contribution in [1.29, 1.82) is 0 Å². The Morgan fingerprint density at radius 3 is 2.57 bits per heavy atom. The lowest BCUT2D eigenvalue weighted by atomic mass is 10.1. The van der Waals surface area contributed by atoms with Gasteiger partial charge in [-0.25, -0.2) is 17.6 Å². The molecule has 2 N–H and O–H groups in total. The normalized spacial score (nSPS) is 21.4. The first-order valence-electron chi connectivity index (χ1n) is 6.77. The zero-order chi connectivity index (χ0) is 17.4. The number of carbonyl (C=O) groups is 2. The minimum absolute atomic E-state index is 0.138. The van der Waals surface area contributed by atoms with Gasteiger partial charge in [0.2, 0.25) is 0 Å². The highest BCUT2D eigenvalue weighted by Gasteiger charge is 2.40. The summed E-state index contributed by atoms with van der Waals surface area (Å²) in [6.45, 7) is -0.917. The van der Waals surface area contributed by atoms with Crippen LogP contribution in [0, 0.1) is 0 Å². The summed E-state index contributed by atoms with van der Waals surface area (Å²) in [5, 5.41) is 18.4. The van der Waals surface area contributed by atoms with Gasteiger partial charge in [-0.15, -0.1) is 0 Å². The number of sulfone groups is 1. The summed E-state index contributed by atoms with van der Waals surface area (Å²) in [5.41, 5.74) is 0.00428.